The van der Waals surface area contributed by atoms with Crippen LogP contribution in [0.4, 0.5) is 5.69 Å². The summed E-state index contributed by atoms with van der Waals surface area (Å²) in [6.45, 7) is 5.60. The lowest BCUT2D eigenvalue weighted by Crippen LogP contribution is -2.27. The highest BCUT2D eigenvalue weighted by molar-refractivity contribution is 7.13. The van der Waals surface area contributed by atoms with Crippen molar-refractivity contribution < 1.29 is 9.59 Å². The summed E-state index contributed by atoms with van der Waals surface area (Å²) in [6, 6.07) is 14.8. The first kappa shape index (κ1) is 19.8. The molecule has 2 amide bonds. The van der Waals surface area contributed by atoms with Crippen LogP contribution in [0.2, 0.25) is 0 Å². The van der Waals surface area contributed by atoms with Gasteiger partial charge in [0.25, 0.3) is 5.91 Å². The van der Waals surface area contributed by atoms with Gasteiger partial charge in [0.2, 0.25) is 5.91 Å². The van der Waals surface area contributed by atoms with Gasteiger partial charge in [-0.05, 0) is 36.8 Å². The normalized spacial score (nSPS) is 11.9. The highest BCUT2D eigenvalue weighted by atomic mass is 32.1. The second-order valence-electron chi connectivity index (χ2n) is 6.88. The third kappa shape index (κ3) is 4.84. The lowest BCUT2D eigenvalue weighted by molar-refractivity contribution is -0.118. The summed E-state index contributed by atoms with van der Waals surface area (Å²) in [5, 5.41) is 8.74. The number of benzene rings is 2. The van der Waals surface area contributed by atoms with Crippen molar-refractivity contribution in [2.75, 3.05) is 5.32 Å². The van der Waals surface area contributed by atoms with Crippen LogP contribution in [0.1, 0.15) is 42.7 Å². The number of thiazole rings is 1. The molecule has 5 nitrogen and oxygen atoms in total. The van der Waals surface area contributed by atoms with E-state index in [1.54, 1.807) is 41.8 Å². The Bertz CT molecular complexity index is 967. The molecule has 0 bridgehead atoms. The van der Waals surface area contributed by atoms with Gasteiger partial charge in [-0.1, -0.05) is 38.1 Å². The number of hydrogen-bond donors (Lipinski definition) is 2. The zero-order valence-electron chi connectivity index (χ0n) is 16.1. The molecule has 0 saturated carbocycles. The molecule has 1 atom stereocenters. The molecule has 6 heteroatoms. The Morgan fingerprint density at radius 3 is 2.54 bits per heavy atom. The third-order valence-electron chi connectivity index (χ3n) is 4.33. The Kier molecular flexibility index (Phi) is 6.21. The van der Waals surface area contributed by atoms with Crippen LogP contribution in [0.15, 0.2) is 60.1 Å². The van der Waals surface area contributed by atoms with Gasteiger partial charge in [-0.2, -0.15) is 0 Å². The van der Waals surface area contributed by atoms with Crippen LogP contribution in [0.25, 0.3) is 10.6 Å². The smallest absolute Gasteiger partial charge is 0.251 e. The summed E-state index contributed by atoms with van der Waals surface area (Å²) >= 11 is 1.58. The molecule has 0 spiro atoms. The molecule has 3 aromatic rings. The highest BCUT2D eigenvalue weighted by Gasteiger charge is 2.14. The number of amides is 2. The Hall–Kier alpha value is -2.99. The van der Waals surface area contributed by atoms with Crippen molar-refractivity contribution in [2.45, 2.75) is 26.8 Å². The van der Waals surface area contributed by atoms with Crippen molar-refractivity contribution in [3.8, 4) is 10.6 Å². The van der Waals surface area contributed by atoms with Crippen LogP contribution >= 0.6 is 11.3 Å². The molecule has 144 valence electrons. The van der Waals surface area contributed by atoms with Gasteiger partial charge in [0.05, 0.1) is 6.04 Å². The van der Waals surface area contributed by atoms with Crippen LogP contribution in [0, 0.1) is 5.92 Å². The average Bonchev–Trinajstić information content (AvgIpc) is 3.23. The molecule has 28 heavy (non-hydrogen) atoms. The average molecular weight is 394 g/mol. The first-order chi connectivity index (χ1) is 13.4. The molecule has 1 heterocycles. The van der Waals surface area contributed by atoms with E-state index < -0.39 is 0 Å². The predicted octanol–water partition coefficient (Wildman–Crippen LogP) is 4.90. The number of aromatic nitrogens is 1. The molecule has 1 aromatic heterocycles. The Balaban J connectivity index is 1.71. The molecule has 1 unspecified atom stereocenters. The van der Waals surface area contributed by atoms with E-state index in [4.69, 9.17) is 0 Å². The maximum absolute atomic E-state index is 12.7. The van der Waals surface area contributed by atoms with Gasteiger partial charge in [-0.3, -0.25) is 9.59 Å². The topological polar surface area (TPSA) is 71.1 Å². The number of nitrogens with one attached hydrogen (secondary N) is 2. The monoisotopic (exact) mass is 393 g/mol. The van der Waals surface area contributed by atoms with Crippen molar-refractivity contribution in [2.24, 2.45) is 5.92 Å². The van der Waals surface area contributed by atoms with Crippen molar-refractivity contribution in [3.05, 3.63) is 71.2 Å². The van der Waals surface area contributed by atoms with E-state index in [1.165, 1.54) is 0 Å². The molecule has 3 rings (SSSR count). The van der Waals surface area contributed by atoms with Crippen molar-refractivity contribution in [1.82, 2.24) is 10.3 Å². The third-order valence-corrected chi connectivity index (χ3v) is 5.15. The van der Waals surface area contributed by atoms with E-state index in [1.807, 2.05) is 50.4 Å². The minimum atomic E-state index is -0.187. The Morgan fingerprint density at radius 2 is 1.82 bits per heavy atom. The second-order valence-corrected chi connectivity index (χ2v) is 7.78. The van der Waals surface area contributed by atoms with Crippen LogP contribution in [-0.4, -0.2) is 16.8 Å². The zero-order chi connectivity index (χ0) is 20.1. The first-order valence-corrected chi connectivity index (χ1v) is 10.0. The summed E-state index contributed by atoms with van der Waals surface area (Å²) in [4.78, 5) is 28.9. The molecule has 0 aliphatic carbocycles. The SMILES string of the molecule is CC(C)C(=O)Nc1cccc(C(=O)NC(C)c2cccc(-c3nccs3)c2)c1. The number of carbonyl (C=O) groups is 2. The first-order valence-electron chi connectivity index (χ1n) is 9.15. The largest absolute Gasteiger partial charge is 0.346 e. The van der Waals surface area contributed by atoms with Gasteiger partial charge in [0.15, 0.2) is 0 Å². The number of nitrogens with zero attached hydrogens (tertiary/aromatic N) is 1. The fourth-order valence-electron chi connectivity index (χ4n) is 2.70. The minimum Gasteiger partial charge on any atom is -0.346 e. The van der Waals surface area contributed by atoms with Crippen LogP contribution in [-0.2, 0) is 4.79 Å². The molecule has 0 aliphatic heterocycles. The quantitative estimate of drug-likeness (QED) is 0.626. The summed E-state index contributed by atoms with van der Waals surface area (Å²) in [5.41, 5.74) is 3.16. The van der Waals surface area contributed by atoms with Crippen molar-refractivity contribution in [1.29, 1.82) is 0 Å². The number of carbonyl (C=O) groups excluding carboxylic acids is 2. The van der Waals surface area contributed by atoms with Crippen LogP contribution in [0.5, 0.6) is 0 Å². The van der Waals surface area contributed by atoms with E-state index in [0.717, 1.165) is 16.1 Å². The maximum atomic E-state index is 12.7. The molecule has 0 fully saturated rings. The van der Waals surface area contributed by atoms with E-state index in [-0.39, 0.29) is 23.8 Å². The van der Waals surface area contributed by atoms with E-state index in [9.17, 15) is 9.59 Å². The summed E-state index contributed by atoms with van der Waals surface area (Å²) in [6.07, 6.45) is 1.78. The lowest BCUT2D eigenvalue weighted by atomic mass is 10.0. The molecule has 2 aromatic carbocycles. The van der Waals surface area contributed by atoms with Crippen molar-refractivity contribution >= 4 is 28.8 Å². The van der Waals surface area contributed by atoms with Crippen LogP contribution in [0.3, 0.4) is 0 Å². The Labute approximate surface area is 168 Å². The van der Waals surface area contributed by atoms with Gasteiger partial charge < -0.3 is 10.6 Å². The summed E-state index contributed by atoms with van der Waals surface area (Å²) in [7, 11) is 0. The van der Waals surface area contributed by atoms with Crippen LogP contribution < -0.4 is 10.6 Å². The van der Waals surface area contributed by atoms with Gasteiger partial charge in [0.1, 0.15) is 5.01 Å². The van der Waals surface area contributed by atoms with Gasteiger partial charge >= 0.3 is 0 Å². The van der Waals surface area contributed by atoms with Gasteiger partial charge in [-0.25, -0.2) is 4.98 Å². The molecular formula is C22H23N3O2S. The number of rotatable bonds is 6. The predicted molar refractivity (Wildman–Crippen MR) is 113 cm³/mol. The molecule has 0 radical (unpaired) electrons. The summed E-state index contributed by atoms with van der Waals surface area (Å²) < 4.78 is 0. The number of hydrogen-bond acceptors (Lipinski definition) is 4. The van der Waals surface area contributed by atoms with E-state index in [2.05, 4.69) is 15.6 Å². The highest BCUT2D eigenvalue weighted by Crippen LogP contribution is 2.25. The van der Waals surface area contributed by atoms with Gasteiger partial charge in [-0.15, -0.1) is 11.3 Å². The maximum Gasteiger partial charge on any atom is 0.251 e. The van der Waals surface area contributed by atoms with Crippen molar-refractivity contribution in [3.63, 3.8) is 0 Å². The fraction of sp³-hybridized carbons (Fsp3) is 0.227. The molecule has 0 saturated heterocycles. The fourth-order valence-corrected chi connectivity index (χ4v) is 3.33. The van der Waals surface area contributed by atoms with Gasteiger partial charge in [0, 0.05) is 34.3 Å². The summed E-state index contributed by atoms with van der Waals surface area (Å²) in [5.74, 6) is -0.389. The lowest BCUT2D eigenvalue weighted by Gasteiger charge is -2.16. The standard InChI is InChI=1S/C22H23N3O2S/c1-14(2)20(26)25-19-9-5-7-17(13-19)21(27)24-15(3)16-6-4-8-18(12-16)22-23-10-11-28-22/h4-15H,1-3H3,(H,24,27)(H,25,26). The minimum absolute atomic E-state index is 0.0788. The Morgan fingerprint density at radius 1 is 1.04 bits per heavy atom. The molecule has 0 aliphatic rings. The zero-order valence-corrected chi connectivity index (χ0v) is 16.9. The molecular weight excluding hydrogens is 370 g/mol. The number of anilines is 1. The van der Waals surface area contributed by atoms with E-state index >= 15 is 0 Å². The van der Waals surface area contributed by atoms with E-state index in [0.29, 0.717) is 11.3 Å². The second kappa shape index (κ2) is 8.80. The molecule has 2 N–H and O–H groups in total.